The first-order valence-electron chi connectivity index (χ1n) is 7.82. The van der Waals surface area contributed by atoms with E-state index >= 15 is 0 Å². The van der Waals surface area contributed by atoms with E-state index < -0.39 is 0 Å². The minimum Gasteiger partial charge on any atom is -0.356 e. The van der Waals surface area contributed by atoms with E-state index in [0.717, 1.165) is 36.9 Å². The number of rotatable bonds is 7. The van der Waals surface area contributed by atoms with Gasteiger partial charge in [-0.1, -0.05) is 23.8 Å². The fourth-order valence-electron chi connectivity index (χ4n) is 2.05. The third-order valence-electron chi connectivity index (χ3n) is 3.31. The predicted octanol–water partition coefficient (Wildman–Crippen LogP) is 3.51. The van der Waals surface area contributed by atoms with Gasteiger partial charge in [-0.15, -0.1) is 35.7 Å². The van der Waals surface area contributed by atoms with E-state index in [4.69, 9.17) is 0 Å². The second-order valence-electron chi connectivity index (χ2n) is 5.16. The molecule has 0 spiro atoms. The van der Waals surface area contributed by atoms with E-state index in [2.05, 4.69) is 51.8 Å². The Morgan fingerprint density at radius 3 is 2.50 bits per heavy atom. The second kappa shape index (κ2) is 12.1. The predicted molar refractivity (Wildman–Crippen MR) is 115 cm³/mol. The van der Waals surface area contributed by atoms with E-state index in [1.54, 1.807) is 7.05 Å². The zero-order valence-corrected chi connectivity index (χ0v) is 17.3. The molecule has 0 aliphatic rings. The van der Waals surface area contributed by atoms with Crippen LogP contribution in [-0.2, 0) is 6.42 Å². The lowest BCUT2D eigenvalue weighted by atomic mass is 10.2. The van der Waals surface area contributed by atoms with E-state index in [-0.39, 0.29) is 24.0 Å². The number of halogens is 1. The molecule has 0 aliphatic carbocycles. The molecular formula is C18H25IN4S. The molecule has 0 unspecified atom stereocenters. The summed E-state index contributed by atoms with van der Waals surface area (Å²) in [5.74, 6) is 1.84. The zero-order chi connectivity index (χ0) is 16.3. The molecule has 0 atom stereocenters. The van der Waals surface area contributed by atoms with Gasteiger partial charge in [0, 0.05) is 49.1 Å². The van der Waals surface area contributed by atoms with E-state index in [1.165, 1.54) is 10.5 Å². The Bertz CT molecular complexity index is 602. The largest absolute Gasteiger partial charge is 0.356 e. The average molecular weight is 456 g/mol. The van der Waals surface area contributed by atoms with Crippen molar-refractivity contribution in [2.75, 3.05) is 25.9 Å². The Hall–Kier alpha value is -1.28. The molecule has 0 bridgehead atoms. The van der Waals surface area contributed by atoms with Crippen molar-refractivity contribution in [3.8, 4) is 0 Å². The van der Waals surface area contributed by atoms with Gasteiger partial charge in [0.1, 0.15) is 0 Å². The minimum absolute atomic E-state index is 0. The first-order chi connectivity index (χ1) is 11.3. The normalized spacial score (nSPS) is 10.8. The van der Waals surface area contributed by atoms with Gasteiger partial charge in [0.25, 0.3) is 0 Å². The SMILES string of the molecule is CN=C(NCCSc1ccc(C)cc1)NCCc1ccccn1.I. The highest BCUT2D eigenvalue weighted by Gasteiger charge is 1.99. The summed E-state index contributed by atoms with van der Waals surface area (Å²) in [4.78, 5) is 9.85. The highest BCUT2D eigenvalue weighted by atomic mass is 127. The number of pyridine rings is 1. The molecule has 0 aliphatic heterocycles. The molecule has 0 saturated carbocycles. The Kier molecular flexibility index (Phi) is 10.5. The zero-order valence-electron chi connectivity index (χ0n) is 14.2. The Morgan fingerprint density at radius 1 is 1.08 bits per heavy atom. The van der Waals surface area contributed by atoms with Crippen LogP contribution in [0.4, 0.5) is 0 Å². The number of aromatic nitrogens is 1. The van der Waals surface area contributed by atoms with Crippen molar-refractivity contribution in [2.24, 2.45) is 4.99 Å². The summed E-state index contributed by atoms with van der Waals surface area (Å²) in [5, 5.41) is 6.65. The van der Waals surface area contributed by atoms with Crippen molar-refractivity contribution in [2.45, 2.75) is 18.2 Å². The van der Waals surface area contributed by atoms with E-state index in [9.17, 15) is 0 Å². The number of nitrogens with zero attached hydrogens (tertiary/aromatic N) is 2. The topological polar surface area (TPSA) is 49.3 Å². The lowest BCUT2D eigenvalue weighted by Gasteiger charge is -2.11. The molecule has 2 aromatic rings. The van der Waals surface area contributed by atoms with Crippen molar-refractivity contribution in [1.82, 2.24) is 15.6 Å². The van der Waals surface area contributed by atoms with Crippen LogP contribution in [-0.4, -0.2) is 36.8 Å². The summed E-state index contributed by atoms with van der Waals surface area (Å²) in [5.41, 5.74) is 2.38. The summed E-state index contributed by atoms with van der Waals surface area (Å²) in [6.45, 7) is 3.81. The number of hydrogen-bond acceptors (Lipinski definition) is 3. The maximum absolute atomic E-state index is 4.31. The number of aliphatic imine (C=N–C) groups is 1. The Balaban J connectivity index is 0.00000288. The molecule has 0 fully saturated rings. The van der Waals surface area contributed by atoms with Crippen LogP contribution >= 0.6 is 35.7 Å². The highest BCUT2D eigenvalue weighted by molar-refractivity contribution is 14.0. The van der Waals surface area contributed by atoms with Crippen molar-refractivity contribution >= 4 is 41.7 Å². The third-order valence-corrected chi connectivity index (χ3v) is 4.32. The van der Waals surface area contributed by atoms with Gasteiger partial charge in [-0.3, -0.25) is 9.98 Å². The quantitative estimate of drug-likeness (QED) is 0.220. The maximum Gasteiger partial charge on any atom is 0.191 e. The first kappa shape index (κ1) is 20.8. The maximum atomic E-state index is 4.31. The van der Waals surface area contributed by atoms with Crippen molar-refractivity contribution < 1.29 is 0 Å². The fraction of sp³-hybridized carbons (Fsp3) is 0.333. The molecule has 0 saturated heterocycles. The second-order valence-corrected chi connectivity index (χ2v) is 6.33. The van der Waals surface area contributed by atoms with Crippen molar-refractivity contribution in [1.29, 1.82) is 0 Å². The summed E-state index contributed by atoms with van der Waals surface area (Å²) in [6.07, 6.45) is 2.71. The Morgan fingerprint density at radius 2 is 1.83 bits per heavy atom. The van der Waals surface area contributed by atoms with Crippen LogP contribution < -0.4 is 10.6 Å². The average Bonchev–Trinajstić information content (AvgIpc) is 2.59. The standard InChI is InChI=1S/C18H24N4S.HI/c1-15-6-8-17(9-7-15)23-14-13-22-18(19-2)21-12-10-16-5-3-4-11-20-16;/h3-9,11H,10,12-14H2,1-2H3,(H2,19,21,22);1H. The molecular weight excluding hydrogens is 431 g/mol. The number of thioether (sulfide) groups is 1. The van der Waals surface area contributed by atoms with Gasteiger partial charge in [-0.05, 0) is 31.2 Å². The van der Waals surface area contributed by atoms with Crippen LogP contribution in [0.2, 0.25) is 0 Å². The number of aryl methyl sites for hydroxylation is 1. The number of hydrogen-bond donors (Lipinski definition) is 2. The van der Waals surface area contributed by atoms with Crippen molar-refractivity contribution in [3.05, 3.63) is 59.9 Å². The summed E-state index contributed by atoms with van der Waals surface area (Å²) in [6, 6.07) is 14.6. The van der Waals surface area contributed by atoms with Crippen LogP contribution in [0, 0.1) is 6.92 Å². The van der Waals surface area contributed by atoms with Gasteiger partial charge in [0.05, 0.1) is 0 Å². The van der Waals surface area contributed by atoms with E-state index in [1.807, 2.05) is 36.2 Å². The third kappa shape index (κ3) is 8.01. The molecule has 2 rings (SSSR count). The lowest BCUT2D eigenvalue weighted by molar-refractivity contribution is 0.798. The Labute approximate surface area is 166 Å². The van der Waals surface area contributed by atoms with Crippen molar-refractivity contribution in [3.63, 3.8) is 0 Å². The lowest BCUT2D eigenvalue weighted by Crippen LogP contribution is -2.39. The summed E-state index contributed by atoms with van der Waals surface area (Å²) >= 11 is 1.85. The molecule has 4 nitrogen and oxygen atoms in total. The smallest absolute Gasteiger partial charge is 0.191 e. The van der Waals surface area contributed by atoms with Crippen LogP contribution in [0.25, 0.3) is 0 Å². The van der Waals surface area contributed by atoms with Crippen LogP contribution in [0.15, 0.2) is 58.5 Å². The van der Waals surface area contributed by atoms with Gasteiger partial charge in [-0.2, -0.15) is 0 Å². The number of benzene rings is 1. The van der Waals surface area contributed by atoms with Gasteiger partial charge >= 0.3 is 0 Å². The fourth-order valence-corrected chi connectivity index (χ4v) is 2.82. The molecule has 24 heavy (non-hydrogen) atoms. The van der Waals surface area contributed by atoms with Gasteiger partial charge in [0.2, 0.25) is 0 Å². The molecule has 2 N–H and O–H groups in total. The van der Waals surface area contributed by atoms with Crippen LogP contribution in [0.1, 0.15) is 11.3 Å². The number of guanidine groups is 1. The molecule has 0 amide bonds. The monoisotopic (exact) mass is 456 g/mol. The summed E-state index contributed by atoms with van der Waals surface area (Å²) in [7, 11) is 1.79. The minimum atomic E-state index is 0. The van der Waals surface area contributed by atoms with Gasteiger partial charge < -0.3 is 10.6 Å². The van der Waals surface area contributed by atoms with Crippen LogP contribution in [0.5, 0.6) is 0 Å². The molecule has 130 valence electrons. The number of nitrogens with one attached hydrogen (secondary N) is 2. The molecule has 0 radical (unpaired) electrons. The molecule has 1 aromatic heterocycles. The van der Waals surface area contributed by atoms with Gasteiger partial charge in [0.15, 0.2) is 5.96 Å². The van der Waals surface area contributed by atoms with E-state index in [0.29, 0.717) is 0 Å². The van der Waals surface area contributed by atoms with Crippen LogP contribution in [0.3, 0.4) is 0 Å². The molecule has 1 aromatic carbocycles. The molecule has 6 heteroatoms. The first-order valence-corrected chi connectivity index (χ1v) is 8.80. The highest BCUT2D eigenvalue weighted by Crippen LogP contribution is 2.17. The summed E-state index contributed by atoms with van der Waals surface area (Å²) < 4.78 is 0. The van der Waals surface area contributed by atoms with Gasteiger partial charge in [-0.25, -0.2) is 0 Å². The molecule has 1 heterocycles.